The Balaban J connectivity index is 1.66. The number of halogens is 8. The lowest BCUT2D eigenvalue weighted by atomic mass is 9.84. The van der Waals surface area contributed by atoms with Crippen molar-refractivity contribution in [2.75, 3.05) is 33.3 Å². The quantitative estimate of drug-likeness (QED) is 0.405. The van der Waals surface area contributed by atoms with Crippen molar-refractivity contribution in [2.24, 2.45) is 0 Å². The minimum atomic E-state index is -5.15. The maximum absolute atomic E-state index is 13.4. The first-order chi connectivity index (χ1) is 19.5. The zero-order valence-electron chi connectivity index (χ0n) is 21.6. The lowest BCUT2D eigenvalue weighted by molar-refractivity contribution is -0.143. The van der Waals surface area contributed by atoms with Crippen LogP contribution >= 0.6 is 23.2 Å². The first-order valence-corrected chi connectivity index (χ1v) is 13.0. The molecule has 2 aromatic carbocycles. The fourth-order valence-electron chi connectivity index (χ4n) is 4.90. The Kier molecular flexibility index (Phi) is 8.70. The molecule has 0 bridgehead atoms. The van der Waals surface area contributed by atoms with E-state index in [0.29, 0.717) is 22.6 Å². The van der Waals surface area contributed by atoms with Crippen LogP contribution in [-0.4, -0.2) is 77.8 Å². The summed E-state index contributed by atoms with van der Waals surface area (Å²) in [5.41, 5.74) is -3.61. The molecule has 0 aliphatic carbocycles. The van der Waals surface area contributed by atoms with Crippen molar-refractivity contribution in [1.82, 2.24) is 14.7 Å². The van der Waals surface area contributed by atoms with Crippen LogP contribution < -0.4 is 0 Å². The fraction of sp³-hybridized carbons (Fsp3) is 0.385. The van der Waals surface area contributed by atoms with Crippen LogP contribution in [0, 0.1) is 0 Å². The molecule has 0 saturated carbocycles. The van der Waals surface area contributed by atoms with E-state index < -0.39 is 78.0 Å². The minimum Gasteiger partial charge on any atom is -0.439 e. The molecule has 8 nitrogen and oxygen atoms in total. The number of piperidine rings is 1. The molecule has 4 rings (SSSR count). The van der Waals surface area contributed by atoms with E-state index in [4.69, 9.17) is 23.2 Å². The lowest BCUT2D eigenvalue weighted by Crippen LogP contribution is -2.53. The second kappa shape index (κ2) is 11.6. The van der Waals surface area contributed by atoms with Gasteiger partial charge in [0.1, 0.15) is 6.54 Å². The number of nitrogens with zero attached hydrogens (tertiary/aromatic N) is 3. The van der Waals surface area contributed by atoms with Crippen molar-refractivity contribution < 1.29 is 50.3 Å². The number of cyclic esters (lactones) is 1. The molecule has 2 aromatic rings. The number of likely N-dealkylation sites (N-methyl/N-ethyl adjacent to an activating group) is 1. The Hall–Kier alpha value is -3.52. The topological polar surface area (TPSA) is 87.2 Å². The molecule has 2 aliphatic heterocycles. The minimum absolute atomic E-state index is 0.00753. The summed E-state index contributed by atoms with van der Waals surface area (Å²) < 4.78 is 85.1. The highest BCUT2D eigenvalue weighted by Gasteiger charge is 2.41. The molecule has 0 aromatic heterocycles. The Morgan fingerprint density at radius 1 is 0.976 bits per heavy atom. The van der Waals surface area contributed by atoms with Crippen LogP contribution in [0.25, 0.3) is 0 Å². The van der Waals surface area contributed by atoms with Crippen molar-refractivity contribution in [1.29, 1.82) is 0 Å². The Labute approximate surface area is 244 Å². The third-order valence-corrected chi connectivity index (χ3v) is 7.83. The number of imide groups is 1. The molecular formula is C26H21Cl2F6N3O5. The third kappa shape index (κ3) is 6.59. The van der Waals surface area contributed by atoms with Gasteiger partial charge >= 0.3 is 18.4 Å². The highest BCUT2D eigenvalue weighted by molar-refractivity contribution is 6.42. The van der Waals surface area contributed by atoms with Crippen LogP contribution in [0.15, 0.2) is 36.4 Å². The molecule has 2 heterocycles. The monoisotopic (exact) mass is 639 g/mol. The number of carbonyl (C=O) groups excluding carboxylic acids is 4. The summed E-state index contributed by atoms with van der Waals surface area (Å²) >= 11 is 12.2. The number of ether oxygens (including phenoxy) is 1. The van der Waals surface area contributed by atoms with E-state index in [1.165, 1.54) is 24.1 Å². The van der Waals surface area contributed by atoms with E-state index in [0.717, 1.165) is 4.90 Å². The molecule has 226 valence electrons. The van der Waals surface area contributed by atoms with Gasteiger partial charge in [-0.25, -0.2) is 9.69 Å². The zero-order valence-corrected chi connectivity index (χ0v) is 23.1. The number of alkyl halides is 6. The second-order valence-corrected chi connectivity index (χ2v) is 10.5. The molecule has 0 radical (unpaired) electrons. The number of rotatable bonds is 5. The van der Waals surface area contributed by atoms with E-state index in [1.807, 2.05) is 0 Å². The number of amides is 4. The number of likely N-dealkylation sites (tertiary alicyclic amines) is 1. The normalized spacial score (nSPS) is 19.6. The van der Waals surface area contributed by atoms with Crippen molar-refractivity contribution >= 4 is 47.0 Å². The highest BCUT2D eigenvalue weighted by Crippen LogP contribution is 2.38. The summed E-state index contributed by atoms with van der Waals surface area (Å²) in [4.78, 5) is 53.1. The van der Waals surface area contributed by atoms with Crippen LogP contribution in [0.3, 0.4) is 0 Å². The Morgan fingerprint density at radius 3 is 2.12 bits per heavy atom. The van der Waals surface area contributed by atoms with E-state index in [2.05, 4.69) is 4.74 Å². The average molecular weight is 640 g/mol. The Morgan fingerprint density at radius 2 is 1.60 bits per heavy atom. The maximum Gasteiger partial charge on any atom is 0.417 e. The highest BCUT2D eigenvalue weighted by atomic mass is 35.5. The average Bonchev–Trinajstić information content (AvgIpc) is 3.24. The van der Waals surface area contributed by atoms with Gasteiger partial charge in [-0.1, -0.05) is 29.3 Å². The van der Waals surface area contributed by atoms with Gasteiger partial charge in [0.15, 0.2) is 6.61 Å². The second-order valence-electron chi connectivity index (χ2n) is 9.72. The molecule has 42 heavy (non-hydrogen) atoms. The van der Waals surface area contributed by atoms with Gasteiger partial charge in [-0.3, -0.25) is 14.4 Å². The summed E-state index contributed by atoms with van der Waals surface area (Å²) in [5, 5.41) is 0.322. The molecule has 0 N–H and O–H groups in total. The van der Waals surface area contributed by atoms with E-state index in [1.54, 1.807) is 6.07 Å². The molecule has 0 unspecified atom stereocenters. The van der Waals surface area contributed by atoms with Gasteiger partial charge < -0.3 is 14.5 Å². The smallest absolute Gasteiger partial charge is 0.417 e. The van der Waals surface area contributed by atoms with Gasteiger partial charge in [0.2, 0.25) is 5.91 Å². The van der Waals surface area contributed by atoms with Crippen LogP contribution in [0.5, 0.6) is 0 Å². The SMILES string of the molecule is CN(C(=O)c1cc(C(F)(F)F)cc(C(F)(F)F)c1)[C@@H]1CCN(C(=O)CN2C(=O)COC2=O)C[C@H]1c1ccc(Cl)c(Cl)c1. The molecule has 2 aliphatic rings. The summed E-state index contributed by atoms with van der Waals surface area (Å²) in [5.74, 6) is -3.16. The number of benzene rings is 2. The van der Waals surface area contributed by atoms with Crippen LogP contribution in [0.1, 0.15) is 39.4 Å². The summed E-state index contributed by atoms with van der Waals surface area (Å²) in [6, 6.07) is 4.31. The molecular weight excluding hydrogens is 619 g/mol. The van der Waals surface area contributed by atoms with Gasteiger partial charge in [0.05, 0.1) is 21.2 Å². The first kappa shape index (κ1) is 31.4. The lowest BCUT2D eigenvalue weighted by Gasteiger charge is -2.43. The number of carbonyl (C=O) groups is 4. The van der Waals surface area contributed by atoms with Crippen molar-refractivity contribution in [3.8, 4) is 0 Å². The Bertz CT molecular complexity index is 1390. The van der Waals surface area contributed by atoms with Crippen molar-refractivity contribution in [3.63, 3.8) is 0 Å². The van der Waals surface area contributed by atoms with E-state index in [-0.39, 0.29) is 35.6 Å². The number of hydrogen-bond acceptors (Lipinski definition) is 5. The molecule has 2 fully saturated rings. The third-order valence-electron chi connectivity index (χ3n) is 7.09. The summed E-state index contributed by atoms with van der Waals surface area (Å²) in [7, 11) is 1.24. The van der Waals surface area contributed by atoms with Gasteiger partial charge in [0, 0.05) is 37.7 Å². The largest absolute Gasteiger partial charge is 0.439 e. The van der Waals surface area contributed by atoms with Gasteiger partial charge in [-0.2, -0.15) is 26.3 Å². The molecule has 16 heteroatoms. The maximum atomic E-state index is 13.4. The standard InChI is InChI=1S/C26H21Cl2F6N3O5/c1-35(23(40)14-6-15(25(29,30)31)9-16(7-14)26(32,33)34)20-4-5-36(21(38)11-37-22(39)12-42-24(37)41)10-17(20)13-2-3-18(27)19(28)8-13/h2-3,6-9,17,20H,4-5,10-12H2,1H3/t17-,20+/m0/s1. The van der Waals surface area contributed by atoms with Crippen LogP contribution in [0.2, 0.25) is 10.0 Å². The van der Waals surface area contributed by atoms with Crippen molar-refractivity contribution in [2.45, 2.75) is 30.7 Å². The summed E-state index contributed by atoms with van der Waals surface area (Å²) in [6.45, 7) is -1.20. The molecule has 2 saturated heterocycles. The van der Waals surface area contributed by atoms with Gasteiger partial charge in [-0.05, 0) is 42.3 Å². The number of hydrogen-bond donors (Lipinski definition) is 0. The molecule has 0 spiro atoms. The van der Waals surface area contributed by atoms with Gasteiger partial charge in [-0.15, -0.1) is 0 Å². The van der Waals surface area contributed by atoms with Crippen LogP contribution in [-0.2, 0) is 26.7 Å². The van der Waals surface area contributed by atoms with Crippen molar-refractivity contribution in [3.05, 3.63) is 68.7 Å². The van der Waals surface area contributed by atoms with Gasteiger partial charge in [0.25, 0.3) is 11.8 Å². The fourth-order valence-corrected chi connectivity index (χ4v) is 5.21. The predicted octanol–water partition coefficient (Wildman–Crippen LogP) is 5.47. The molecule has 2 atom stereocenters. The van der Waals surface area contributed by atoms with E-state index >= 15 is 0 Å². The summed E-state index contributed by atoms with van der Waals surface area (Å²) in [6.07, 6.45) is -11.2. The van der Waals surface area contributed by atoms with E-state index in [9.17, 15) is 45.5 Å². The molecule has 4 amide bonds. The van der Waals surface area contributed by atoms with Crippen LogP contribution in [0.4, 0.5) is 31.1 Å². The predicted molar refractivity (Wildman–Crippen MR) is 136 cm³/mol. The first-order valence-electron chi connectivity index (χ1n) is 12.2. The zero-order chi connectivity index (χ0) is 31.1.